The molecule has 1 rings (SSSR count). The molecule has 0 saturated heterocycles. The fraction of sp³-hybridized carbons (Fsp3) is 0.400. The van der Waals surface area contributed by atoms with Crippen molar-refractivity contribution >= 4 is 23.2 Å². The molecule has 0 heterocycles. The summed E-state index contributed by atoms with van der Waals surface area (Å²) in [6, 6.07) is 3.18. The molecule has 0 radical (unpaired) electrons. The standard InChI is InChI=1S/C10H13Cl2NO3/c11-7-1-6(3-13)10(9(12)2-7)16-5-8(15)4-14/h1-2,8,14-15H,3-5,13H2. The zero-order valence-electron chi connectivity index (χ0n) is 8.49. The van der Waals surface area contributed by atoms with E-state index in [0.29, 0.717) is 21.4 Å². The van der Waals surface area contributed by atoms with Crippen molar-refractivity contribution in [2.75, 3.05) is 13.2 Å². The molecule has 0 aliphatic rings. The lowest BCUT2D eigenvalue weighted by Gasteiger charge is -2.14. The van der Waals surface area contributed by atoms with Gasteiger partial charge in [0.25, 0.3) is 0 Å². The summed E-state index contributed by atoms with van der Waals surface area (Å²) in [6.45, 7) is -0.196. The highest BCUT2D eigenvalue weighted by atomic mass is 35.5. The third kappa shape index (κ3) is 3.50. The average molecular weight is 266 g/mol. The maximum atomic E-state index is 9.15. The van der Waals surface area contributed by atoms with Crippen LogP contribution < -0.4 is 10.5 Å². The molecule has 1 aromatic rings. The molecular formula is C10H13Cl2NO3. The fourth-order valence-corrected chi connectivity index (χ4v) is 1.75. The van der Waals surface area contributed by atoms with Crippen LogP contribution >= 0.6 is 23.2 Å². The molecule has 1 aromatic carbocycles. The fourth-order valence-electron chi connectivity index (χ4n) is 1.16. The Bertz CT molecular complexity index is 360. The number of hydrogen-bond acceptors (Lipinski definition) is 4. The zero-order chi connectivity index (χ0) is 12.1. The predicted molar refractivity (Wildman–Crippen MR) is 62.9 cm³/mol. The van der Waals surface area contributed by atoms with Gasteiger partial charge in [0.05, 0.1) is 11.6 Å². The van der Waals surface area contributed by atoms with Gasteiger partial charge in [-0.25, -0.2) is 0 Å². The first kappa shape index (κ1) is 13.5. The second kappa shape index (κ2) is 6.27. The Morgan fingerprint density at radius 1 is 1.38 bits per heavy atom. The monoisotopic (exact) mass is 265 g/mol. The average Bonchev–Trinajstić information content (AvgIpc) is 2.26. The van der Waals surface area contributed by atoms with Gasteiger partial charge in [0.15, 0.2) is 0 Å². The second-order valence-corrected chi connectivity index (χ2v) is 4.07. The smallest absolute Gasteiger partial charge is 0.142 e. The van der Waals surface area contributed by atoms with Gasteiger partial charge in [0, 0.05) is 17.1 Å². The molecule has 4 N–H and O–H groups in total. The van der Waals surface area contributed by atoms with Gasteiger partial charge < -0.3 is 20.7 Å². The van der Waals surface area contributed by atoms with E-state index in [1.807, 2.05) is 0 Å². The Balaban J connectivity index is 2.85. The number of nitrogens with two attached hydrogens (primary N) is 1. The lowest BCUT2D eigenvalue weighted by atomic mass is 10.2. The molecule has 1 atom stereocenters. The first-order valence-corrected chi connectivity index (χ1v) is 5.43. The van der Waals surface area contributed by atoms with E-state index in [1.54, 1.807) is 6.07 Å². The lowest BCUT2D eigenvalue weighted by Crippen LogP contribution is -2.22. The van der Waals surface area contributed by atoms with E-state index in [-0.39, 0.29) is 19.8 Å². The number of ether oxygens (including phenoxy) is 1. The lowest BCUT2D eigenvalue weighted by molar-refractivity contribution is 0.0533. The Morgan fingerprint density at radius 2 is 2.06 bits per heavy atom. The largest absolute Gasteiger partial charge is 0.489 e. The SMILES string of the molecule is NCc1cc(Cl)cc(Cl)c1OCC(O)CO. The van der Waals surface area contributed by atoms with Gasteiger partial charge in [-0.15, -0.1) is 0 Å². The highest BCUT2D eigenvalue weighted by molar-refractivity contribution is 6.35. The van der Waals surface area contributed by atoms with Crippen LogP contribution in [-0.4, -0.2) is 29.5 Å². The molecule has 0 aliphatic heterocycles. The van der Waals surface area contributed by atoms with E-state index in [4.69, 9.17) is 43.9 Å². The van der Waals surface area contributed by atoms with E-state index in [1.165, 1.54) is 6.07 Å². The van der Waals surface area contributed by atoms with Crippen LogP contribution in [0.4, 0.5) is 0 Å². The highest BCUT2D eigenvalue weighted by Crippen LogP contribution is 2.32. The number of rotatable bonds is 5. The van der Waals surface area contributed by atoms with Crippen molar-refractivity contribution in [1.29, 1.82) is 0 Å². The van der Waals surface area contributed by atoms with Crippen molar-refractivity contribution in [2.45, 2.75) is 12.6 Å². The first-order valence-electron chi connectivity index (χ1n) is 4.68. The molecule has 0 bridgehead atoms. The Labute approximate surface area is 104 Å². The quantitative estimate of drug-likeness (QED) is 0.748. The number of hydrogen-bond donors (Lipinski definition) is 3. The van der Waals surface area contributed by atoms with Crippen LogP contribution in [0.25, 0.3) is 0 Å². The van der Waals surface area contributed by atoms with Gasteiger partial charge >= 0.3 is 0 Å². The summed E-state index contributed by atoms with van der Waals surface area (Å²) in [5.41, 5.74) is 6.17. The van der Waals surface area contributed by atoms with Crippen molar-refractivity contribution in [3.8, 4) is 5.75 Å². The summed E-state index contributed by atoms with van der Waals surface area (Å²) in [5, 5.41) is 18.6. The molecule has 6 heteroatoms. The summed E-state index contributed by atoms with van der Waals surface area (Å²) in [6.07, 6.45) is -0.947. The molecular weight excluding hydrogens is 253 g/mol. The summed E-state index contributed by atoms with van der Waals surface area (Å²) >= 11 is 11.7. The number of benzene rings is 1. The van der Waals surface area contributed by atoms with Crippen LogP contribution in [0.2, 0.25) is 10.0 Å². The van der Waals surface area contributed by atoms with Gasteiger partial charge in [0.1, 0.15) is 18.5 Å². The van der Waals surface area contributed by atoms with Gasteiger partial charge in [-0.3, -0.25) is 0 Å². The minimum Gasteiger partial charge on any atom is -0.489 e. The van der Waals surface area contributed by atoms with Crippen molar-refractivity contribution in [3.05, 3.63) is 27.7 Å². The van der Waals surface area contributed by atoms with Crippen LogP contribution in [0.1, 0.15) is 5.56 Å². The third-order valence-corrected chi connectivity index (χ3v) is 2.43. The second-order valence-electron chi connectivity index (χ2n) is 3.23. The van der Waals surface area contributed by atoms with Crippen LogP contribution in [0.3, 0.4) is 0 Å². The maximum absolute atomic E-state index is 9.15. The summed E-state index contributed by atoms with van der Waals surface area (Å²) in [4.78, 5) is 0. The van der Waals surface area contributed by atoms with Gasteiger partial charge in [-0.1, -0.05) is 23.2 Å². The summed E-state index contributed by atoms with van der Waals surface area (Å²) in [7, 11) is 0. The Hall–Kier alpha value is -0.520. The Kier molecular flexibility index (Phi) is 5.31. The van der Waals surface area contributed by atoms with E-state index in [2.05, 4.69) is 0 Å². The number of aliphatic hydroxyl groups is 2. The molecule has 16 heavy (non-hydrogen) atoms. The molecule has 1 unspecified atom stereocenters. The van der Waals surface area contributed by atoms with Crippen molar-refractivity contribution in [1.82, 2.24) is 0 Å². The molecule has 0 saturated carbocycles. The molecule has 0 fully saturated rings. The van der Waals surface area contributed by atoms with Crippen LogP contribution in [0.15, 0.2) is 12.1 Å². The van der Waals surface area contributed by atoms with Crippen LogP contribution in [0, 0.1) is 0 Å². The van der Waals surface area contributed by atoms with E-state index < -0.39 is 6.10 Å². The molecule has 0 spiro atoms. The Morgan fingerprint density at radius 3 is 2.62 bits per heavy atom. The van der Waals surface area contributed by atoms with Crippen molar-refractivity contribution in [2.24, 2.45) is 5.73 Å². The highest BCUT2D eigenvalue weighted by Gasteiger charge is 2.11. The van der Waals surface area contributed by atoms with Gasteiger partial charge in [-0.05, 0) is 12.1 Å². The van der Waals surface area contributed by atoms with E-state index >= 15 is 0 Å². The summed E-state index contributed by atoms with van der Waals surface area (Å²) in [5.74, 6) is 0.390. The minimum atomic E-state index is -0.947. The van der Waals surface area contributed by atoms with E-state index in [0.717, 1.165) is 0 Å². The molecule has 0 aromatic heterocycles. The summed E-state index contributed by atoms with van der Waals surface area (Å²) < 4.78 is 5.29. The van der Waals surface area contributed by atoms with Crippen molar-refractivity contribution in [3.63, 3.8) is 0 Å². The number of aliphatic hydroxyl groups excluding tert-OH is 2. The van der Waals surface area contributed by atoms with Crippen LogP contribution in [-0.2, 0) is 6.54 Å². The zero-order valence-corrected chi connectivity index (χ0v) is 10.0. The maximum Gasteiger partial charge on any atom is 0.142 e. The molecule has 4 nitrogen and oxygen atoms in total. The topological polar surface area (TPSA) is 75.7 Å². The molecule has 90 valence electrons. The predicted octanol–water partition coefficient (Wildman–Crippen LogP) is 1.18. The first-order chi connectivity index (χ1) is 7.58. The molecule has 0 aliphatic carbocycles. The normalized spacial score (nSPS) is 12.6. The van der Waals surface area contributed by atoms with Gasteiger partial charge in [0.2, 0.25) is 0 Å². The van der Waals surface area contributed by atoms with Gasteiger partial charge in [-0.2, -0.15) is 0 Å². The minimum absolute atomic E-state index is 0.0507. The van der Waals surface area contributed by atoms with Crippen LogP contribution in [0.5, 0.6) is 5.75 Å². The van der Waals surface area contributed by atoms with E-state index in [9.17, 15) is 0 Å². The number of halogens is 2. The third-order valence-electron chi connectivity index (χ3n) is 1.94. The molecule has 0 amide bonds. The van der Waals surface area contributed by atoms with Crippen molar-refractivity contribution < 1.29 is 14.9 Å².